The van der Waals surface area contributed by atoms with Gasteiger partial charge in [-0.1, -0.05) is 25.1 Å². The summed E-state index contributed by atoms with van der Waals surface area (Å²) in [7, 11) is 0. The molecule has 1 atom stereocenters. The number of carbonyl (C=O) groups excluding carboxylic acids is 3. The Morgan fingerprint density at radius 2 is 1.41 bits per heavy atom. The Balaban J connectivity index is 1.44. The lowest BCUT2D eigenvalue weighted by Crippen LogP contribution is -2.45. The van der Waals surface area contributed by atoms with Gasteiger partial charge in [-0.3, -0.25) is 4.79 Å². The number of benzene rings is 2. The topological polar surface area (TPSA) is 103 Å². The number of nitrogens with one attached hydrogen (secondary N) is 4. The van der Waals surface area contributed by atoms with Gasteiger partial charge in [-0.15, -0.1) is 0 Å². The van der Waals surface area contributed by atoms with Crippen molar-refractivity contribution in [3.8, 4) is 0 Å². The maximum absolute atomic E-state index is 12.6. The summed E-state index contributed by atoms with van der Waals surface area (Å²) in [5.74, 6) is 0.0410. The molecule has 1 aliphatic heterocycles. The molecule has 0 saturated carbocycles. The summed E-state index contributed by atoms with van der Waals surface area (Å²) in [5, 5.41) is 11.4. The first-order valence-corrected chi connectivity index (χ1v) is 11.0. The van der Waals surface area contributed by atoms with Crippen molar-refractivity contribution in [2.24, 2.45) is 5.92 Å². The number of hydrogen-bond acceptors (Lipinski definition) is 3. The molecule has 32 heavy (non-hydrogen) atoms. The van der Waals surface area contributed by atoms with Gasteiger partial charge in [0, 0.05) is 42.1 Å². The zero-order valence-electron chi connectivity index (χ0n) is 18.6. The van der Waals surface area contributed by atoms with Gasteiger partial charge < -0.3 is 26.2 Å². The van der Waals surface area contributed by atoms with Crippen molar-refractivity contribution >= 4 is 35.0 Å². The molecule has 1 unspecified atom stereocenters. The van der Waals surface area contributed by atoms with E-state index in [2.05, 4.69) is 21.3 Å². The minimum Gasteiger partial charge on any atom is -0.353 e. The third kappa shape index (κ3) is 6.73. The number of rotatable bonds is 6. The summed E-state index contributed by atoms with van der Waals surface area (Å²) in [6.45, 7) is 5.13. The average molecular weight is 438 g/mol. The molecule has 5 amide bonds. The molecule has 8 nitrogen and oxygen atoms in total. The van der Waals surface area contributed by atoms with E-state index in [-0.39, 0.29) is 29.9 Å². The van der Waals surface area contributed by atoms with E-state index in [0.29, 0.717) is 43.0 Å². The number of amides is 5. The second kappa shape index (κ2) is 11.2. The molecule has 2 aromatic rings. The smallest absolute Gasteiger partial charge is 0.323 e. The number of carbonyl (C=O) groups is 3. The first-order chi connectivity index (χ1) is 15.4. The van der Waals surface area contributed by atoms with Crippen LogP contribution in [0.3, 0.4) is 0 Å². The highest BCUT2D eigenvalue weighted by molar-refractivity contribution is 6.00. The number of para-hydroxylation sites is 1. The summed E-state index contributed by atoms with van der Waals surface area (Å²) in [6, 6.07) is 15.8. The van der Waals surface area contributed by atoms with E-state index in [0.717, 1.165) is 6.42 Å². The molecular weight excluding hydrogens is 406 g/mol. The van der Waals surface area contributed by atoms with Crippen molar-refractivity contribution in [3.05, 3.63) is 54.6 Å². The van der Waals surface area contributed by atoms with Crippen LogP contribution in [0.4, 0.5) is 26.7 Å². The lowest BCUT2D eigenvalue weighted by atomic mass is 9.95. The van der Waals surface area contributed by atoms with Crippen LogP contribution in [0.2, 0.25) is 0 Å². The van der Waals surface area contributed by atoms with Gasteiger partial charge in [0.1, 0.15) is 0 Å². The van der Waals surface area contributed by atoms with Crippen molar-refractivity contribution in [1.29, 1.82) is 0 Å². The highest BCUT2D eigenvalue weighted by atomic mass is 16.2. The van der Waals surface area contributed by atoms with E-state index >= 15 is 0 Å². The Morgan fingerprint density at radius 3 is 1.97 bits per heavy atom. The van der Waals surface area contributed by atoms with Crippen LogP contribution in [0.5, 0.6) is 0 Å². The molecule has 3 rings (SSSR count). The number of likely N-dealkylation sites (tertiary alicyclic amines) is 1. The maximum Gasteiger partial charge on any atom is 0.323 e. The lowest BCUT2D eigenvalue weighted by Gasteiger charge is -2.31. The maximum atomic E-state index is 12.6. The molecule has 0 aromatic heterocycles. The first-order valence-electron chi connectivity index (χ1n) is 11.0. The van der Waals surface area contributed by atoms with Gasteiger partial charge in [0.05, 0.1) is 0 Å². The molecule has 0 radical (unpaired) electrons. The van der Waals surface area contributed by atoms with Crippen molar-refractivity contribution in [3.63, 3.8) is 0 Å². The normalized spacial score (nSPS) is 14.9. The molecule has 0 aliphatic carbocycles. The minimum absolute atomic E-state index is 0.0413. The van der Waals surface area contributed by atoms with E-state index in [1.54, 1.807) is 41.3 Å². The number of piperidine rings is 1. The van der Waals surface area contributed by atoms with Crippen LogP contribution in [0.15, 0.2) is 54.6 Å². The fourth-order valence-electron chi connectivity index (χ4n) is 3.46. The van der Waals surface area contributed by atoms with Crippen LogP contribution in [-0.4, -0.2) is 42.0 Å². The molecule has 0 spiro atoms. The Labute approximate surface area is 188 Å². The van der Waals surface area contributed by atoms with E-state index < -0.39 is 0 Å². The number of nitrogens with zero attached hydrogens (tertiary/aromatic N) is 1. The molecule has 1 aliphatic rings. The van der Waals surface area contributed by atoms with Gasteiger partial charge in [-0.05, 0) is 62.6 Å². The van der Waals surface area contributed by atoms with Crippen molar-refractivity contribution in [1.82, 2.24) is 10.2 Å². The summed E-state index contributed by atoms with van der Waals surface area (Å²) in [4.78, 5) is 38.7. The van der Waals surface area contributed by atoms with Gasteiger partial charge >= 0.3 is 12.1 Å². The summed E-state index contributed by atoms with van der Waals surface area (Å²) in [6.07, 6.45) is 2.23. The van der Waals surface area contributed by atoms with Crippen LogP contribution in [0.1, 0.15) is 33.1 Å². The number of anilines is 3. The second-order valence-corrected chi connectivity index (χ2v) is 8.03. The zero-order valence-corrected chi connectivity index (χ0v) is 18.6. The molecule has 0 bridgehead atoms. The highest BCUT2D eigenvalue weighted by Crippen LogP contribution is 2.20. The SMILES string of the molecule is CCC(C)NC(=O)C1CCN(C(=O)Nc2ccc(NC(=O)Nc3ccccc3)cc2)CC1. The standard InChI is InChI=1S/C24H31N5O3/c1-3-17(2)25-22(30)18-13-15-29(16-14-18)24(32)28-21-11-9-20(10-12-21)27-23(31)26-19-7-5-4-6-8-19/h4-12,17-18H,3,13-16H2,1-2H3,(H,25,30)(H,28,32)(H2,26,27,31). The zero-order chi connectivity index (χ0) is 22.9. The monoisotopic (exact) mass is 437 g/mol. The van der Waals surface area contributed by atoms with Crippen molar-refractivity contribution in [2.75, 3.05) is 29.0 Å². The minimum atomic E-state index is -0.340. The number of urea groups is 2. The predicted molar refractivity (Wildman–Crippen MR) is 127 cm³/mol. The van der Waals surface area contributed by atoms with E-state index in [4.69, 9.17) is 0 Å². The Hall–Kier alpha value is -3.55. The molecule has 2 aromatic carbocycles. The Morgan fingerprint density at radius 1 is 0.875 bits per heavy atom. The third-order valence-electron chi connectivity index (χ3n) is 5.58. The molecule has 170 valence electrons. The Bertz CT molecular complexity index is 909. The van der Waals surface area contributed by atoms with Gasteiger partial charge in [0.25, 0.3) is 0 Å². The van der Waals surface area contributed by atoms with E-state index in [1.807, 2.05) is 32.0 Å². The fourth-order valence-corrected chi connectivity index (χ4v) is 3.46. The molecule has 1 fully saturated rings. The quantitative estimate of drug-likeness (QED) is 0.535. The third-order valence-corrected chi connectivity index (χ3v) is 5.58. The van der Waals surface area contributed by atoms with Crippen LogP contribution in [0.25, 0.3) is 0 Å². The molecule has 4 N–H and O–H groups in total. The van der Waals surface area contributed by atoms with Crippen LogP contribution < -0.4 is 21.3 Å². The molecule has 8 heteroatoms. The summed E-state index contributed by atoms with van der Waals surface area (Å²) in [5.41, 5.74) is 1.96. The van der Waals surface area contributed by atoms with Crippen LogP contribution in [-0.2, 0) is 4.79 Å². The fraction of sp³-hybridized carbons (Fsp3) is 0.375. The van der Waals surface area contributed by atoms with Crippen LogP contribution in [0, 0.1) is 5.92 Å². The van der Waals surface area contributed by atoms with Crippen molar-refractivity contribution in [2.45, 2.75) is 39.2 Å². The molecule has 1 heterocycles. The summed E-state index contributed by atoms with van der Waals surface area (Å²) >= 11 is 0. The van der Waals surface area contributed by atoms with Crippen molar-refractivity contribution < 1.29 is 14.4 Å². The second-order valence-electron chi connectivity index (χ2n) is 8.03. The van der Waals surface area contributed by atoms with Gasteiger partial charge in [0.15, 0.2) is 0 Å². The molecule has 1 saturated heterocycles. The predicted octanol–water partition coefficient (Wildman–Crippen LogP) is 4.49. The first kappa shape index (κ1) is 23.1. The summed E-state index contributed by atoms with van der Waals surface area (Å²) < 4.78 is 0. The average Bonchev–Trinajstić information content (AvgIpc) is 2.81. The van der Waals surface area contributed by atoms with Gasteiger partial charge in [-0.2, -0.15) is 0 Å². The molecular formula is C24H31N5O3. The van der Waals surface area contributed by atoms with E-state index in [1.165, 1.54) is 0 Å². The number of hydrogen-bond donors (Lipinski definition) is 4. The Kier molecular flexibility index (Phi) is 8.08. The van der Waals surface area contributed by atoms with Gasteiger partial charge in [0.2, 0.25) is 5.91 Å². The van der Waals surface area contributed by atoms with Gasteiger partial charge in [-0.25, -0.2) is 9.59 Å². The highest BCUT2D eigenvalue weighted by Gasteiger charge is 2.27. The lowest BCUT2D eigenvalue weighted by molar-refractivity contribution is -0.126. The van der Waals surface area contributed by atoms with Crippen LogP contribution >= 0.6 is 0 Å². The van der Waals surface area contributed by atoms with E-state index in [9.17, 15) is 14.4 Å². The largest absolute Gasteiger partial charge is 0.353 e.